The number of halogens is 1. The predicted octanol–water partition coefficient (Wildman–Crippen LogP) is 4.72. The van der Waals surface area contributed by atoms with Crippen molar-refractivity contribution in [2.45, 2.75) is 17.9 Å². The van der Waals surface area contributed by atoms with E-state index in [-0.39, 0.29) is 11.9 Å². The monoisotopic (exact) mass is 261 g/mol. The van der Waals surface area contributed by atoms with Crippen LogP contribution in [-0.2, 0) is 0 Å². The Bertz CT molecular complexity index is 510. The number of hydrogen-bond donors (Lipinski definition) is 1. The molecule has 3 heteroatoms. The van der Waals surface area contributed by atoms with Gasteiger partial charge in [-0.1, -0.05) is 18.2 Å². The molecule has 18 heavy (non-hydrogen) atoms. The number of thioether (sulfide) groups is 1. The molecule has 1 nitrogen and oxygen atoms in total. The summed E-state index contributed by atoms with van der Waals surface area (Å²) in [5, 5.41) is 3.30. The Morgan fingerprint density at radius 3 is 2.33 bits per heavy atom. The standard InChI is InChI=1S/C15H16FNS/c1-11(14-5-3-4-6-15(14)16)17-12-7-9-13(18-2)10-8-12/h3-11,17H,1-2H3. The highest BCUT2D eigenvalue weighted by molar-refractivity contribution is 7.98. The summed E-state index contributed by atoms with van der Waals surface area (Å²) in [5.74, 6) is -0.168. The van der Waals surface area contributed by atoms with Gasteiger partial charge < -0.3 is 5.32 Å². The van der Waals surface area contributed by atoms with E-state index in [1.807, 2.05) is 37.4 Å². The van der Waals surface area contributed by atoms with Crippen LogP contribution in [0.15, 0.2) is 53.4 Å². The Hall–Kier alpha value is -1.48. The van der Waals surface area contributed by atoms with Crippen LogP contribution in [0.3, 0.4) is 0 Å². The smallest absolute Gasteiger partial charge is 0.128 e. The number of benzene rings is 2. The third-order valence-corrected chi connectivity index (χ3v) is 3.59. The summed E-state index contributed by atoms with van der Waals surface area (Å²) in [4.78, 5) is 1.22. The highest BCUT2D eigenvalue weighted by Gasteiger charge is 2.09. The van der Waals surface area contributed by atoms with E-state index in [9.17, 15) is 4.39 Å². The van der Waals surface area contributed by atoms with E-state index < -0.39 is 0 Å². The zero-order valence-corrected chi connectivity index (χ0v) is 11.3. The van der Waals surface area contributed by atoms with Crippen LogP contribution in [-0.4, -0.2) is 6.26 Å². The van der Waals surface area contributed by atoms with Gasteiger partial charge in [-0.25, -0.2) is 4.39 Å². The number of hydrogen-bond acceptors (Lipinski definition) is 2. The fourth-order valence-corrected chi connectivity index (χ4v) is 2.25. The van der Waals surface area contributed by atoms with Gasteiger partial charge in [0.2, 0.25) is 0 Å². The molecule has 1 atom stereocenters. The molecule has 0 saturated carbocycles. The average molecular weight is 261 g/mol. The van der Waals surface area contributed by atoms with Gasteiger partial charge in [0.15, 0.2) is 0 Å². The number of nitrogens with one attached hydrogen (secondary N) is 1. The van der Waals surface area contributed by atoms with Crippen LogP contribution in [0.2, 0.25) is 0 Å². The number of anilines is 1. The lowest BCUT2D eigenvalue weighted by Crippen LogP contribution is -2.08. The van der Waals surface area contributed by atoms with Gasteiger partial charge in [0.25, 0.3) is 0 Å². The van der Waals surface area contributed by atoms with Gasteiger partial charge in [-0.2, -0.15) is 0 Å². The molecule has 1 N–H and O–H groups in total. The third kappa shape index (κ3) is 3.05. The lowest BCUT2D eigenvalue weighted by Gasteiger charge is -2.16. The lowest BCUT2D eigenvalue weighted by molar-refractivity contribution is 0.600. The van der Waals surface area contributed by atoms with Gasteiger partial charge >= 0.3 is 0 Å². The zero-order chi connectivity index (χ0) is 13.0. The molecule has 1 unspecified atom stereocenters. The summed E-state index contributed by atoms with van der Waals surface area (Å²) >= 11 is 1.71. The molecular weight excluding hydrogens is 245 g/mol. The van der Waals surface area contributed by atoms with Crippen molar-refractivity contribution in [3.63, 3.8) is 0 Å². The molecule has 0 aliphatic rings. The van der Waals surface area contributed by atoms with Crippen molar-refractivity contribution in [3.05, 3.63) is 59.9 Å². The highest BCUT2D eigenvalue weighted by Crippen LogP contribution is 2.23. The van der Waals surface area contributed by atoms with Gasteiger partial charge in [-0.15, -0.1) is 11.8 Å². The van der Waals surface area contributed by atoms with Gasteiger partial charge in [0, 0.05) is 16.1 Å². The maximum Gasteiger partial charge on any atom is 0.128 e. The minimum absolute atomic E-state index is 0.0497. The summed E-state index contributed by atoms with van der Waals surface area (Å²) in [6, 6.07) is 15.0. The van der Waals surface area contributed by atoms with Gasteiger partial charge in [0.1, 0.15) is 5.82 Å². The molecule has 2 rings (SSSR count). The quantitative estimate of drug-likeness (QED) is 0.799. The predicted molar refractivity (Wildman–Crippen MR) is 76.7 cm³/mol. The molecule has 94 valence electrons. The van der Waals surface area contributed by atoms with Crippen molar-refractivity contribution >= 4 is 17.4 Å². The first-order valence-corrected chi connectivity index (χ1v) is 7.08. The molecule has 0 aliphatic heterocycles. The van der Waals surface area contributed by atoms with Crippen LogP contribution in [0, 0.1) is 5.82 Å². The summed E-state index contributed by atoms with van der Waals surface area (Å²) in [6.45, 7) is 1.96. The van der Waals surface area contributed by atoms with Crippen LogP contribution >= 0.6 is 11.8 Å². The molecule has 0 aliphatic carbocycles. The van der Waals surface area contributed by atoms with E-state index in [4.69, 9.17) is 0 Å². The molecule has 0 radical (unpaired) electrons. The van der Waals surface area contributed by atoms with E-state index in [1.54, 1.807) is 17.8 Å². The lowest BCUT2D eigenvalue weighted by atomic mass is 10.1. The molecule has 0 amide bonds. The first-order chi connectivity index (χ1) is 8.70. The van der Waals surface area contributed by atoms with Crippen LogP contribution < -0.4 is 5.32 Å². The number of rotatable bonds is 4. The van der Waals surface area contributed by atoms with Gasteiger partial charge in [-0.05, 0) is 43.5 Å². The third-order valence-electron chi connectivity index (χ3n) is 2.84. The molecule has 2 aromatic rings. The second kappa shape index (κ2) is 5.91. The summed E-state index contributed by atoms with van der Waals surface area (Å²) in [5.41, 5.74) is 1.69. The fraction of sp³-hybridized carbons (Fsp3) is 0.200. The van der Waals surface area contributed by atoms with Crippen molar-refractivity contribution < 1.29 is 4.39 Å². The summed E-state index contributed by atoms with van der Waals surface area (Å²) in [7, 11) is 0. The largest absolute Gasteiger partial charge is 0.378 e. The van der Waals surface area contributed by atoms with E-state index >= 15 is 0 Å². The fourth-order valence-electron chi connectivity index (χ4n) is 1.84. The zero-order valence-electron chi connectivity index (χ0n) is 10.5. The van der Waals surface area contributed by atoms with E-state index in [0.717, 1.165) is 5.69 Å². The van der Waals surface area contributed by atoms with E-state index in [0.29, 0.717) is 5.56 Å². The van der Waals surface area contributed by atoms with Crippen LogP contribution in [0.4, 0.5) is 10.1 Å². The molecule has 0 spiro atoms. The minimum atomic E-state index is -0.168. The Morgan fingerprint density at radius 2 is 1.72 bits per heavy atom. The molecule has 0 bridgehead atoms. The minimum Gasteiger partial charge on any atom is -0.378 e. The van der Waals surface area contributed by atoms with Crippen LogP contribution in [0.25, 0.3) is 0 Å². The van der Waals surface area contributed by atoms with Crippen molar-refractivity contribution in [2.24, 2.45) is 0 Å². The second-order valence-corrected chi connectivity index (χ2v) is 5.00. The van der Waals surface area contributed by atoms with Gasteiger partial charge in [0.05, 0.1) is 6.04 Å². The molecule has 0 saturated heterocycles. The first-order valence-electron chi connectivity index (χ1n) is 5.85. The summed E-state index contributed by atoms with van der Waals surface area (Å²) < 4.78 is 13.6. The van der Waals surface area contributed by atoms with Crippen molar-refractivity contribution in [3.8, 4) is 0 Å². The van der Waals surface area contributed by atoms with Crippen LogP contribution in [0.1, 0.15) is 18.5 Å². The molecular formula is C15H16FNS. The van der Waals surface area contributed by atoms with Gasteiger partial charge in [-0.3, -0.25) is 0 Å². The topological polar surface area (TPSA) is 12.0 Å². The average Bonchev–Trinajstić information content (AvgIpc) is 2.40. The first kappa shape index (κ1) is 13.0. The van der Waals surface area contributed by atoms with Crippen molar-refractivity contribution in [1.29, 1.82) is 0 Å². The maximum atomic E-state index is 13.6. The molecule has 0 aromatic heterocycles. The van der Waals surface area contributed by atoms with Crippen LogP contribution in [0.5, 0.6) is 0 Å². The van der Waals surface area contributed by atoms with Crippen molar-refractivity contribution in [1.82, 2.24) is 0 Å². The normalized spacial score (nSPS) is 12.2. The van der Waals surface area contributed by atoms with E-state index in [1.165, 1.54) is 11.0 Å². The Morgan fingerprint density at radius 1 is 1.06 bits per heavy atom. The summed E-state index contributed by atoms with van der Waals surface area (Å²) in [6.07, 6.45) is 2.05. The van der Waals surface area contributed by atoms with Crippen molar-refractivity contribution in [2.75, 3.05) is 11.6 Å². The Kier molecular flexibility index (Phi) is 4.26. The SMILES string of the molecule is CSc1ccc(NC(C)c2ccccc2F)cc1. The molecule has 2 aromatic carbocycles. The highest BCUT2D eigenvalue weighted by atomic mass is 32.2. The molecule has 0 fully saturated rings. The second-order valence-electron chi connectivity index (χ2n) is 4.12. The maximum absolute atomic E-state index is 13.6. The Balaban J connectivity index is 2.11. The van der Waals surface area contributed by atoms with E-state index in [2.05, 4.69) is 17.4 Å². The molecule has 0 heterocycles. The Labute approximate surface area is 111 Å².